The lowest BCUT2D eigenvalue weighted by molar-refractivity contribution is -0.156. The van der Waals surface area contributed by atoms with E-state index in [1.165, 1.54) is 5.56 Å². The molecule has 0 saturated carbocycles. The number of hydrogen-bond acceptors (Lipinski definition) is 3. The summed E-state index contributed by atoms with van der Waals surface area (Å²) in [4.78, 5) is 0. The van der Waals surface area contributed by atoms with E-state index >= 15 is 0 Å². The van der Waals surface area contributed by atoms with Crippen LogP contribution in [0.15, 0.2) is 42.5 Å². The first-order chi connectivity index (χ1) is 8.64. The van der Waals surface area contributed by atoms with Gasteiger partial charge >= 0.3 is 0 Å². The van der Waals surface area contributed by atoms with Crippen LogP contribution < -0.4 is 0 Å². The first kappa shape index (κ1) is 11.9. The maximum atomic E-state index is 5.90. The van der Waals surface area contributed by atoms with Gasteiger partial charge in [-0.05, 0) is 19.4 Å². The molecular weight excluding hydrogens is 228 g/mol. The second-order valence-electron chi connectivity index (χ2n) is 5.21. The molecule has 0 radical (unpaired) electrons. The van der Waals surface area contributed by atoms with Crippen molar-refractivity contribution in [3.63, 3.8) is 0 Å². The van der Waals surface area contributed by atoms with Crippen molar-refractivity contribution >= 4 is 0 Å². The van der Waals surface area contributed by atoms with Crippen LogP contribution in [0.1, 0.15) is 19.4 Å². The minimum atomic E-state index is -0.506. The van der Waals surface area contributed by atoms with E-state index in [2.05, 4.69) is 12.1 Å². The Hall–Kier alpha value is -1.16. The van der Waals surface area contributed by atoms with Gasteiger partial charge in [-0.3, -0.25) is 0 Å². The number of rotatable bonds is 3. The highest BCUT2D eigenvalue weighted by molar-refractivity contribution is 5.16. The summed E-state index contributed by atoms with van der Waals surface area (Å²) in [5.41, 5.74) is 1.17. The molecule has 96 valence electrons. The zero-order valence-electron chi connectivity index (χ0n) is 10.7. The van der Waals surface area contributed by atoms with Crippen LogP contribution in [0.2, 0.25) is 0 Å². The third-order valence-corrected chi connectivity index (χ3v) is 3.26. The van der Waals surface area contributed by atoms with Gasteiger partial charge in [-0.1, -0.05) is 42.5 Å². The standard InChI is InChI=1S/C15H18O3/c1-15(2)17-13-9-8-12(14(13)18-15)16-10-11-6-4-3-5-7-11/h3-9,12-14H,10H2,1-2H3/t12-,13-,14+/m0/s1. The van der Waals surface area contributed by atoms with Crippen LogP contribution in [-0.4, -0.2) is 24.1 Å². The maximum absolute atomic E-state index is 5.90. The van der Waals surface area contributed by atoms with E-state index < -0.39 is 5.79 Å². The number of ether oxygens (including phenoxy) is 3. The number of benzene rings is 1. The molecule has 1 aromatic rings. The predicted molar refractivity (Wildman–Crippen MR) is 68.0 cm³/mol. The fourth-order valence-corrected chi connectivity index (χ4v) is 2.47. The molecule has 3 atom stereocenters. The van der Waals surface area contributed by atoms with Gasteiger partial charge in [0, 0.05) is 0 Å². The van der Waals surface area contributed by atoms with E-state index in [-0.39, 0.29) is 18.3 Å². The second-order valence-corrected chi connectivity index (χ2v) is 5.21. The van der Waals surface area contributed by atoms with Crippen molar-refractivity contribution in [1.29, 1.82) is 0 Å². The molecular formula is C15H18O3. The topological polar surface area (TPSA) is 27.7 Å². The summed E-state index contributed by atoms with van der Waals surface area (Å²) in [6.45, 7) is 4.48. The molecule has 1 aliphatic heterocycles. The van der Waals surface area contributed by atoms with Crippen LogP contribution in [0.5, 0.6) is 0 Å². The van der Waals surface area contributed by atoms with E-state index in [1.807, 2.05) is 44.2 Å². The van der Waals surface area contributed by atoms with Gasteiger partial charge in [0.05, 0.1) is 6.61 Å². The Bertz CT molecular complexity index is 438. The Kier molecular flexibility index (Phi) is 2.98. The van der Waals surface area contributed by atoms with E-state index in [0.717, 1.165) is 0 Å². The molecule has 1 aromatic carbocycles. The summed E-state index contributed by atoms with van der Waals surface area (Å²) in [6, 6.07) is 10.2. The molecule has 1 aliphatic carbocycles. The lowest BCUT2D eigenvalue weighted by Gasteiger charge is -2.21. The molecule has 0 N–H and O–H groups in total. The third-order valence-electron chi connectivity index (χ3n) is 3.26. The smallest absolute Gasteiger partial charge is 0.164 e. The molecule has 0 unspecified atom stereocenters. The normalized spacial score (nSPS) is 32.7. The Morgan fingerprint density at radius 3 is 2.67 bits per heavy atom. The highest BCUT2D eigenvalue weighted by Gasteiger charge is 2.46. The van der Waals surface area contributed by atoms with E-state index in [1.54, 1.807) is 0 Å². The lowest BCUT2D eigenvalue weighted by atomic mass is 10.2. The quantitative estimate of drug-likeness (QED) is 0.767. The molecule has 0 bridgehead atoms. The fraction of sp³-hybridized carbons (Fsp3) is 0.467. The maximum Gasteiger partial charge on any atom is 0.164 e. The van der Waals surface area contributed by atoms with Crippen LogP contribution in [0.4, 0.5) is 0 Å². The van der Waals surface area contributed by atoms with Gasteiger partial charge in [-0.25, -0.2) is 0 Å². The summed E-state index contributed by atoms with van der Waals surface area (Å²) in [5.74, 6) is -0.506. The van der Waals surface area contributed by atoms with Crippen LogP contribution >= 0.6 is 0 Å². The molecule has 1 heterocycles. The minimum Gasteiger partial charge on any atom is -0.367 e. The molecule has 1 fully saturated rings. The van der Waals surface area contributed by atoms with Crippen molar-refractivity contribution in [3.8, 4) is 0 Å². The third kappa shape index (κ3) is 2.34. The molecule has 0 aromatic heterocycles. The highest BCUT2D eigenvalue weighted by Crippen LogP contribution is 2.35. The monoisotopic (exact) mass is 246 g/mol. The van der Waals surface area contributed by atoms with Crippen molar-refractivity contribution in [1.82, 2.24) is 0 Å². The Morgan fingerprint density at radius 2 is 1.89 bits per heavy atom. The van der Waals surface area contributed by atoms with Crippen molar-refractivity contribution in [2.75, 3.05) is 0 Å². The van der Waals surface area contributed by atoms with Gasteiger partial charge < -0.3 is 14.2 Å². The van der Waals surface area contributed by atoms with Gasteiger partial charge in [0.25, 0.3) is 0 Å². The van der Waals surface area contributed by atoms with Gasteiger partial charge in [0.2, 0.25) is 0 Å². The van der Waals surface area contributed by atoms with E-state index in [4.69, 9.17) is 14.2 Å². The lowest BCUT2D eigenvalue weighted by Crippen LogP contribution is -2.31. The van der Waals surface area contributed by atoms with Crippen molar-refractivity contribution in [3.05, 3.63) is 48.0 Å². The molecule has 0 spiro atoms. The van der Waals surface area contributed by atoms with Crippen LogP contribution in [0.25, 0.3) is 0 Å². The summed E-state index contributed by atoms with van der Waals surface area (Å²) >= 11 is 0. The van der Waals surface area contributed by atoms with Gasteiger partial charge in [0.15, 0.2) is 5.79 Å². The summed E-state index contributed by atoms with van der Waals surface area (Å²) < 4.78 is 17.5. The predicted octanol–water partition coefficient (Wildman–Crippen LogP) is 2.66. The largest absolute Gasteiger partial charge is 0.367 e. The summed E-state index contributed by atoms with van der Waals surface area (Å²) in [7, 11) is 0. The number of hydrogen-bond donors (Lipinski definition) is 0. The minimum absolute atomic E-state index is 0.0105. The van der Waals surface area contributed by atoms with Crippen LogP contribution in [-0.2, 0) is 20.8 Å². The molecule has 2 aliphatic rings. The first-order valence-electron chi connectivity index (χ1n) is 6.33. The van der Waals surface area contributed by atoms with E-state index in [0.29, 0.717) is 6.61 Å². The average Bonchev–Trinajstić information content (AvgIpc) is 2.83. The van der Waals surface area contributed by atoms with Gasteiger partial charge in [-0.2, -0.15) is 0 Å². The molecule has 18 heavy (non-hydrogen) atoms. The molecule has 1 saturated heterocycles. The summed E-state index contributed by atoms with van der Waals surface area (Å²) in [6.07, 6.45) is 4.07. The number of fused-ring (bicyclic) bond motifs is 1. The van der Waals surface area contributed by atoms with Gasteiger partial charge in [-0.15, -0.1) is 0 Å². The molecule has 0 amide bonds. The second kappa shape index (κ2) is 4.50. The highest BCUT2D eigenvalue weighted by atomic mass is 16.8. The van der Waals surface area contributed by atoms with Crippen LogP contribution in [0, 0.1) is 0 Å². The summed E-state index contributed by atoms with van der Waals surface area (Å²) in [5, 5.41) is 0. The average molecular weight is 246 g/mol. The first-order valence-corrected chi connectivity index (χ1v) is 6.33. The van der Waals surface area contributed by atoms with E-state index in [9.17, 15) is 0 Å². The fourth-order valence-electron chi connectivity index (χ4n) is 2.47. The SMILES string of the molecule is CC1(C)O[C@@H]2[C@@H](OCc3ccccc3)C=C[C@@H]2O1. The molecule has 3 nitrogen and oxygen atoms in total. The zero-order valence-corrected chi connectivity index (χ0v) is 10.7. The van der Waals surface area contributed by atoms with Crippen molar-refractivity contribution in [2.45, 2.75) is 44.6 Å². The van der Waals surface area contributed by atoms with Crippen molar-refractivity contribution in [2.24, 2.45) is 0 Å². The Morgan fingerprint density at radius 1 is 1.11 bits per heavy atom. The Balaban J connectivity index is 1.60. The zero-order chi connectivity index (χ0) is 12.6. The molecule has 3 rings (SSSR count). The van der Waals surface area contributed by atoms with Crippen LogP contribution in [0.3, 0.4) is 0 Å². The Labute approximate surface area is 107 Å². The van der Waals surface area contributed by atoms with Crippen molar-refractivity contribution < 1.29 is 14.2 Å². The molecule has 3 heteroatoms. The van der Waals surface area contributed by atoms with Gasteiger partial charge in [0.1, 0.15) is 18.3 Å².